The maximum Gasteiger partial charge on any atom is 0.229 e. The summed E-state index contributed by atoms with van der Waals surface area (Å²) in [5.74, 6) is -0.947. The molecule has 1 heterocycles. The molecule has 6 nitrogen and oxygen atoms in total. The summed E-state index contributed by atoms with van der Waals surface area (Å²) >= 11 is 5.89. The number of halogens is 1. The average molecular weight is 386 g/mol. The van der Waals surface area contributed by atoms with Crippen molar-refractivity contribution in [3.8, 4) is 0 Å². The Morgan fingerprint density at radius 1 is 1.11 bits per heavy atom. The first kappa shape index (κ1) is 18.9. The van der Waals surface area contributed by atoms with E-state index in [9.17, 15) is 14.4 Å². The number of aryl methyl sites for hydroxylation is 1. The van der Waals surface area contributed by atoms with Crippen LogP contribution in [0.15, 0.2) is 42.5 Å². The minimum absolute atomic E-state index is 0.0961. The van der Waals surface area contributed by atoms with E-state index in [-0.39, 0.29) is 24.1 Å². The summed E-state index contributed by atoms with van der Waals surface area (Å²) in [4.78, 5) is 37.8. The third-order valence-electron chi connectivity index (χ3n) is 4.45. The van der Waals surface area contributed by atoms with Gasteiger partial charge in [0, 0.05) is 42.0 Å². The van der Waals surface area contributed by atoms with Crippen LogP contribution in [0.3, 0.4) is 0 Å². The van der Waals surface area contributed by atoms with Gasteiger partial charge in [0.25, 0.3) is 0 Å². The number of hydrogen-bond acceptors (Lipinski definition) is 3. The van der Waals surface area contributed by atoms with Crippen LogP contribution in [0.1, 0.15) is 18.9 Å². The van der Waals surface area contributed by atoms with Gasteiger partial charge in [-0.1, -0.05) is 17.7 Å². The number of amides is 3. The lowest BCUT2D eigenvalue weighted by Crippen LogP contribution is -2.28. The highest BCUT2D eigenvalue weighted by Crippen LogP contribution is 2.28. The van der Waals surface area contributed by atoms with E-state index in [0.717, 1.165) is 11.3 Å². The normalized spacial score (nSPS) is 16.3. The summed E-state index contributed by atoms with van der Waals surface area (Å²) in [6, 6.07) is 12.3. The molecule has 2 N–H and O–H groups in total. The van der Waals surface area contributed by atoms with Crippen molar-refractivity contribution in [2.24, 2.45) is 5.92 Å². The number of carbonyl (C=O) groups is 3. The van der Waals surface area contributed by atoms with Crippen molar-refractivity contribution in [3.63, 3.8) is 0 Å². The van der Waals surface area contributed by atoms with Gasteiger partial charge in [-0.3, -0.25) is 14.4 Å². The molecule has 2 aromatic rings. The number of rotatable bonds is 4. The zero-order valence-corrected chi connectivity index (χ0v) is 15.8. The number of carbonyl (C=O) groups excluding carboxylic acids is 3. The quantitative estimate of drug-likeness (QED) is 0.844. The largest absolute Gasteiger partial charge is 0.326 e. The Morgan fingerprint density at radius 2 is 1.81 bits per heavy atom. The molecule has 1 aliphatic rings. The maximum absolute atomic E-state index is 12.7. The van der Waals surface area contributed by atoms with Crippen LogP contribution in [-0.4, -0.2) is 24.3 Å². The van der Waals surface area contributed by atoms with Crippen molar-refractivity contribution >= 4 is 46.4 Å². The molecular formula is C20H20ClN3O3. The molecule has 27 heavy (non-hydrogen) atoms. The fourth-order valence-electron chi connectivity index (χ4n) is 3.03. The highest BCUT2D eigenvalue weighted by molar-refractivity contribution is 6.30. The molecule has 1 atom stereocenters. The van der Waals surface area contributed by atoms with Crippen LogP contribution in [0.2, 0.25) is 5.02 Å². The summed E-state index contributed by atoms with van der Waals surface area (Å²) in [6.07, 6.45) is 0.152. The van der Waals surface area contributed by atoms with Crippen molar-refractivity contribution in [2.45, 2.75) is 20.3 Å². The highest BCUT2D eigenvalue weighted by atomic mass is 35.5. The molecule has 1 saturated heterocycles. The van der Waals surface area contributed by atoms with Crippen LogP contribution >= 0.6 is 11.6 Å². The van der Waals surface area contributed by atoms with Crippen LogP contribution in [0.25, 0.3) is 0 Å². The predicted octanol–water partition coefficient (Wildman–Crippen LogP) is 3.60. The Bertz CT molecular complexity index is 896. The molecule has 140 valence electrons. The molecule has 3 amide bonds. The smallest absolute Gasteiger partial charge is 0.229 e. The van der Waals surface area contributed by atoms with Gasteiger partial charge < -0.3 is 15.5 Å². The summed E-state index contributed by atoms with van der Waals surface area (Å²) in [5, 5.41) is 6.16. The SMILES string of the molecule is CC(=O)Nc1ccc(C)c(NC(=O)C2CC(=O)N(c3ccc(Cl)cc3)C2)c1. The lowest BCUT2D eigenvalue weighted by molar-refractivity contribution is -0.122. The van der Waals surface area contributed by atoms with E-state index in [0.29, 0.717) is 22.9 Å². The number of benzene rings is 2. The third-order valence-corrected chi connectivity index (χ3v) is 4.70. The molecule has 0 aromatic heterocycles. The van der Waals surface area contributed by atoms with Gasteiger partial charge in [-0.15, -0.1) is 0 Å². The first-order valence-electron chi connectivity index (χ1n) is 8.58. The molecule has 1 unspecified atom stereocenters. The van der Waals surface area contributed by atoms with Crippen LogP contribution in [0, 0.1) is 12.8 Å². The first-order chi connectivity index (χ1) is 12.8. The average Bonchev–Trinajstić information content (AvgIpc) is 3.00. The minimum Gasteiger partial charge on any atom is -0.326 e. The number of nitrogens with zero attached hydrogens (tertiary/aromatic N) is 1. The van der Waals surface area contributed by atoms with Gasteiger partial charge >= 0.3 is 0 Å². The zero-order chi connectivity index (χ0) is 19.6. The minimum atomic E-state index is -0.447. The summed E-state index contributed by atoms with van der Waals surface area (Å²) in [6.45, 7) is 3.61. The fraction of sp³-hybridized carbons (Fsp3) is 0.250. The van der Waals surface area contributed by atoms with E-state index in [2.05, 4.69) is 10.6 Å². The molecule has 1 fully saturated rings. The van der Waals surface area contributed by atoms with Crippen LogP contribution in [-0.2, 0) is 14.4 Å². The fourth-order valence-corrected chi connectivity index (χ4v) is 3.15. The van der Waals surface area contributed by atoms with E-state index in [4.69, 9.17) is 11.6 Å². The second kappa shape index (κ2) is 7.80. The Labute approximate surface area is 162 Å². The molecule has 0 bridgehead atoms. The Morgan fingerprint density at radius 3 is 2.48 bits per heavy atom. The topological polar surface area (TPSA) is 78.5 Å². The van der Waals surface area contributed by atoms with E-state index in [1.807, 2.05) is 13.0 Å². The van der Waals surface area contributed by atoms with E-state index >= 15 is 0 Å². The monoisotopic (exact) mass is 385 g/mol. The van der Waals surface area contributed by atoms with Crippen LogP contribution < -0.4 is 15.5 Å². The van der Waals surface area contributed by atoms with Crippen molar-refractivity contribution in [1.29, 1.82) is 0 Å². The number of hydrogen-bond donors (Lipinski definition) is 2. The van der Waals surface area contributed by atoms with Crippen LogP contribution in [0.5, 0.6) is 0 Å². The van der Waals surface area contributed by atoms with Gasteiger partial charge in [0.05, 0.1) is 5.92 Å². The van der Waals surface area contributed by atoms with Crippen molar-refractivity contribution in [1.82, 2.24) is 0 Å². The van der Waals surface area contributed by atoms with Crippen molar-refractivity contribution < 1.29 is 14.4 Å². The lowest BCUT2D eigenvalue weighted by atomic mass is 10.1. The van der Waals surface area contributed by atoms with Gasteiger partial charge in [0.15, 0.2) is 0 Å². The first-order valence-corrected chi connectivity index (χ1v) is 8.96. The predicted molar refractivity (Wildman–Crippen MR) is 106 cm³/mol. The molecule has 1 aliphatic heterocycles. The molecule has 7 heteroatoms. The number of anilines is 3. The van der Waals surface area contributed by atoms with Crippen LogP contribution in [0.4, 0.5) is 17.1 Å². The Hall–Kier alpha value is -2.86. The molecule has 0 radical (unpaired) electrons. The van der Waals surface area contributed by atoms with E-state index in [1.54, 1.807) is 41.3 Å². The molecular weight excluding hydrogens is 366 g/mol. The standard InChI is InChI=1S/C20H20ClN3O3/c1-12-3-6-16(22-13(2)25)10-18(12)23-20(27)14-9-19(26)24(11-14)17-7-4-15(21)5-8-17/h3-8,10,14H,9,11H2,1-2H3,(H,22,25)(H,23,27). The van der Waals surface area contributed by atoms with E-state index in [1.165, 1.54) is 6.92 Å². The van der Waals surface area contributed by atoms with Gasteiger partial charge in [0.2, 0.25) is 17.7 Å². The van der Waals surface area contributed by atoms with Crippen molar-refractivity contribution in [2.75, 3.05) is 22.1 Å². The summed E-state index contributed by atoms with van der Waals surface area (Å²) < 4.78 is 0. The zero-order valence-electron chi connectivity index (χ0n) is 15.1. The van der Waals surface area contributed by atoms with Gasteiger partial charge in [-0.2, -0.15) is 0 Å². The molecule has 0 aliphatic carbocycles. The molecule has 3 rings (SSSR count). The second-order valence-corrected chi connectivity index (χ2v) is 7.02. The Kier molecular flexibility index (Phi) is 5.46. The molecule has 0 spiro atoms. The van der Waals surface area contributed by atoms with Gasteiger partial charge in [-0.05, 0) is 48.9 Å². The van der Waals surface area contributed by atoms with E-state index < -0.39 is 5.92 Å². The van der Waals surface area contributed by atoms with Crippen molar-refractivity contribution in [3.05, 3.63) is 53.1 Å². The van der Waals surface area contributed by atoms with Gasteiger partial charge in [-0.25, -0.2) is 0 Å². The molecule has 0 saturated carbocycles. The third kappa shape index (κ3) is 4.46. The van der Waals surface area contributed by atoms with Gasteiger partial charge in [0.1, 0.15) is 0 Å². The molecule has 2 aromatic carbocycles. The second-order valence-electron chi connectivity index (χ2n) is 6.58. The summed E-state index contributed by atoms with van der Waals surface area (Å²) in [5.41, 5.74) is 2.82. The maximum atomic E-state index is 12.7. The Balaban J connectivity index is 1.71. The highest BCUT2D eigenvalue weighted by Gasteiger charge is 2.35. The number of nitrogens with one attached hydrogen (secondary N) is 2. The summed E-state index contributed by atoms with van der Waals surface area (Å²) in [7, 11) is 0. The lowest BCUT2D eigenvalue weighted by Gasteiger charge is -2.17.